The van der Waals surface area contributed by atoms with Crippen LogP contribution in [0.15, 0.2) is 24.5 Å². The highest BCUT2D eigenvalue weighted by molar-refractivity contribution is 6.31. The quantitative estimate of drug-likeness (QED) is 0.496. The normalized spacial score (nSPS) is 15.4. The summed E-state index contributed by atoms with van der Waals surface area (Å²) in [5, 5.41) is 5.31. The smallest absolute Gasteiger partial charge is 0.249 e. The number of carbonyl (C=O) groups excluding carboxylic acids is 1. The second-order valence-electron chi connectivity index (χ2n) is 6.69. The molecule has 10 heteroatoms. The maximum absolute atomic E-state index is 12.0. The molecule has 2 aromatic heterocycles. The van der Waals surface area contributed by atoms with Crippen LogP contribution in [0.3, 0.4) is 0 Å². The largest absolute Gasteiger partial charge is 0.370 e. The van der Waals surface area contributed by atoms with Crippen molar-refractivity contribution < 1.29 is 9.53 Å². The van der Waals surface area contributed by atoms with Crippen LogP contribution in [-0.2, 0) is 22.6 Å². The first-order valence-corrected chi connectivity index (χ1v) is 9.10. The molecule has 146 valence electrons. The highest BCUT2D eigenvalue weighted by Crippen LogP contribution is 2.33. The number of hydrogen-bond donors (Lipinski definition) is 0. The number of morpholine rings is 1. The maximum Gasteiger partial charge on any atom is 0.249 e. The van der Waals surface area contributed by atoms with E-state index in [2.05, 4.69) is 14.6 Å². The molecule has 2 aliphatic heterocycles. The fourth-order valence-corrected chi connectivity index (χ4v) is 3.73. The van der Waals surface area contributed by atoms with Gasteiger partial charge in [0.15, 0.2) is 11.6 Å². The Labute approximate surface area is 172 Å². The molecule has 3 aromatic rings. The molecule has 4 heterocycles. The van der Waals surface area contributed by atoms with Crippen molar-refractivity contribution >= 4 is 29.9 Å². The van der Waals surface area contributed by atoms with Crippen LogP contribution in [0.25, 0.3) is 17.1 Å². The monoisotopic (exact) mass is 420 g/mol. The van der Waals surface area contributed by atoms with Gasteiger partial charge in [-0.25, -0.2) is 14.6 Å². The summed E-state index contributed by atoms with van der Waals surface area (Å²) in [4.78, 5) is 22.9. The SMILES string of the molecule is Cc1ncn2c1Cn1nc(CN3CCOCC3=O)nc1-c1cc(Cl)ccc1-2.Cl. The van der Waals surface area contributed by atoms with E-state index in [1.807, 2.05) is 36.1 Å². The number of carbonyl (C=O) groups is 1. The minimum Gasteiger partial charge on any atom is -0.370 e. The maximum atomic E-state index is 12.0. The fraction of sp³-hybridized carbons (Fsp3) is 0.333. The number of aryl methyl sites for hydroxylation is 1. The lowest BCUT2D eigenvalue weighted by atomic mass is 10.1. The molecule has 0 radical (unpaired) electrons. The summed E-state index contributed by atoms with van der Waals surface area (Å²) in [7, 11) is 0. The first kappa shape index (κ1) is 18.9. The zero-order valence-electron chi connectivity index (χ0n) is 15.1. The molecule has 0 atom stereocenters. The number of hydrogen-bond acceptors (Lipinski definition) is 5. The lowest BCUT2D eigenvalue weighted by Crippen LogP contribution is -2.41. The summed E-state index contributed by atoms with van der Waals surface area (Å²) < 4.78 is 9.11. The first-order valence-electron chi connectivity index (χ1n) is 8.72. The van der Waals surface area contributed by atoms with Crippen LogP contribution in [0.2, 0.25) is 5.02 Å². The average molecular weight is 421 g/mol. The van der Waals surface area contributed by atoms with Crippen molar-refractivity contribution in [2.75, 3.05) is 19.8 Å². The van der Waals surface area contributed by atoms with Crippen molar-refractivity contribution in [2.45, 2.75) is 20.0 Å². The van der Waals surface area contributed by atoms with Gasteiger partial charge in [-0.3, -0.25) is 4.79 Å². The average Bonchev–Trinajstić information content (AvgIpc) is 3.18. The summed E-state index contributed by atoms with van der Waals surface area (Å²) >= 11 is 6.26. The highest BCUT2D eigenvalue weighted by Gasteiger charge is 2.26. The first-order chi connectivity index (χ1) is 13.1. The van der Waals surface area contributed by atoms with Crippen molar-refractivity contribution in [3.63, 3.8) is 0 Å². The summed E-state index contributed by atoms with van der Waals surface area (Å²) in [5.74, 6) is 1.31. The van der Waals surface area contributed by atoms with Crippen LogP contribution in [0.1, 0.15) is 17.2 Å². The van der Waals surface area contributed by atoms with E-state index in [1.54, 1.807) is 4.90 Å². The molecule has 1 fully saturated rings. The Hall–Kier alpha value is -2.42. The van der Waals surface area contributed by atoms with E-state index in [0.29, 0.717) is 37.1 Å². The molecule has 1 saturated heterocycles. The van der Waals surface area contributed by atoms with Crippen LogP contribution in [0.5, 0.6) is 0 Å². The zero-order chi connectivity index (χ0) is 18.5. The van der Waals surface area contributed by atoms with Crippen molar-refractivity contribution in [1.29, 1.82) is 0 Å². The Bertz CT molecular complexity index is 1060. The summed E-state index contributed by atoms with van der Waals surface area (Å²) in [6.07, 6.45) is 1.82. The van der Waals surface area contributed by atoms with Gasteiger partial charge in [0.1, 0.15) is 6.61 Å². The topological polar surface area (TPSA) is 78.1 Å². The van der Waals surface area contributed by atoms with E-state index in [4.69, 9.17) is 21.3 Å². The summed E-state index contributed by atoms with van der Waals surface area (Å²) in [6.45, 7) is 4.11. The summed E-state index contributed by atoms with van der Waals surface area (Å²) in [5.41, 5.74) is 3.86. The van der Waals surface area contributed by atoms with Gasteiger partial charge in [0.2, 0.25) is 5.91 Å². The Morgan fingerprint density at radius 3 is 3.00 bits per heavy atom. The third kappa shape index (κ3) is 3.07. The minimum atomic E-state index is -0.0383. The lowest BCUT2D eigenvalue weighted by molar-refractivity contribution is -0.143. The van der Waals surface area contributed by atoms with E-state index >= 15 is 0 Å². The second kappa shape index (κ2) is 7.20. The fourth-order valence-electron chi connectivity index (χ4n) is 3.55. The molecule has 1 aromatic carbocycles. The molecular formula is C18H18Cl2N6O2. The van der Waals surface area contributed by atoms with Crippen LogP contribution in [0, 0.1) is 6.92 Å². The van der Waals surface area contributed by atoms with Gasteiger partial charge in [-0.1, -0.05) is 11.6 Å². The summed E-state index contributed by atoms with van der Waals surface area (Å²) in [6, 6.07) is 5.72. The Kier molecular flexibility index (Phi) is 4.86. The molecule has 0 aliphatic carbocycles. The number of rotatable bonds is 2. The number of aromatic nitrogens is 5. The van der Waals surface area contributed by atoms with E-state index in [-0.39, 0.29) is 24.9 Å². The Morgan fingerprint density at radius 2 is 2.18 bits per heavy atom. The van der Waals surface area contributed by atoms with E-state index in [9.17, 15) is 4.79 Å². The van der Waals surface area contributed by atoms with Crippen LogP contribution in [0.4, 0.5) is 0 Å². The number of fused-ring (bicyclic) bond motifs is 5. The molecule has 0 saturated carbocycles. The van der Waals surface area contributed by atoms with Gasteiger partial charge in [0.05, 0.1) is 43.1 Å². The van der Waals surface area contributed by atoms with Gasteiger partial charge in [0.25, 0.3) is 0 Å². The van der Waals surface area contributed by atoms with Crippen molar-refractivity contribution in [3.05, 3.63) is 46.8 Å². The predicted molar refractivity (Wildman–Crippen MR) is 105 cm³/mol. The van der Waals surface area contributed by atoms with E-state index in [1.165, 1.54) is 0 Å². The molecule has 5 rings (SSSR count). The van der Waals surface area contributed by atoms with Crippen molar-refractivity contribution in [1.82, 2.24) is 29.2 Å². The van der Waals surface area contributed by atoms with Gasteiger partial charge in [-0.2, -0.15) is 5.10 Å². The van der Waals surface area contributed by atoms with Gasteiger partial charge in [-0.05, 0) is 25.1 Å². The van der Waals surface area contributed by atoms with E-state index < -0.39 is 0 Å². The molecule has 0 bridgehead atoms. The molecule has 1 amide bonds. The molecular weight excluding hydrogens is 403 g/mol. The third-order valence-electron chi connectivity index (χ3n) is 4.97. The minimum absolute atomic E-state index is 0. The zero-order valence-corrected chi connectivity index (χ0v) is 16.7. The molecule has 8 nitrogen and oxygen atoms in total. The van der Waals surface area contributed by atoms with Gasteiger partial charge < -0.3 is 14.2 Å². The highest BCUT2D eigenvalue weighted by atomic mass is 35.5. The molecule has 0 spiro atoms. The molecule has 28 heavy (non-hydrogen) atoms. The predicted octanol–water partition coefficient (Wildman–Crippen LogP) is 2.23. The van der Waals surface area contributed by atoms with Crippen LogP contribution < -0.4 is 0 Å². The van der Waals surface area contributed by atoms with Crippen molar-refractivity contribution in [2.24, 2.45) is 0 Å². The number of ether oxygens (including phenoxy) is 1. The molecule has 0 unspecified atom stereocenters. The number of amides is 1. The second-order valence-corrected chi connectivity index (χ2v) is 7.12. The number of benzene rings is 1. The number of imidazole rings is 1. The lowest BCUT2D eigenvalue weighted by Gasteiger charge is -2.25. The molecule has 0 N–H and O–H groups in total. The van der Waals surface area contributed by atoms with Gasteiger partial charge >= 0.3 is 0 Å². The van der Waals surface area contributed by atoms with Crippen molar-refractivity contribution in [3.8, 4) is 17.1 Å². The Balaban J connectivity index is 0.00000192. The number of nitrogens with zero attached hydrogens (tertiary/aromatic N) is 6. The van der Waals surface area contributed by atoms with Crippen LogP contribution >= 0.6 is 24.0 Å². The standard InChI is InChI=1S/C18H17ClN6O2.ClH/c1-11-15-7-25-18(13-6-12(19)2-3-14(13)24(15)10-20-11)21-16(22-25)8-23-4-5-27-9-17(23)26;/h2-3,6,10H,4-5,7-9H2,1H3;1H. The molecule has 2 aliphatic rings. The van der Waals surface area contributed by atoms with Gasteiger partial charge in [-0.15, -0.1) is 12.4 Å². The third-order valence-corrected chi connectivity index (χ3v) is 5.20. The number of halogens is 2. The van der Waals surface area contributed by atoms with Gasteiger partial charge in [0, 0.05) is 17.1 Å². The Morgan fingerprint density at radius 1 is 1.32 bits per heavy atom. The van der Waals surface area contributed by atoms with Crippen LogP contribution in [-0.4, -0.2) is 54.9 Å². The van der Waals surface area contributed by atoms with E-state index in [0.717, 1.165) is 28.5 Å².